The van der Waals surface area contributed by atoms with Crippen LogP contribution >= 0.6 is 0 Å². The van der Waals surface area contributed by atoms with Crippen LogP contribution in [0.4, 0.5) is 21.6 Å². The van der Waals surface area contributed by atoms with Gasteiger partial charge in [0.25, 0.3) is 0 Å². The molecular weight excluding hydrogens is 427 g/mol. The lowest BCUT2D eigenvalue weighted by molar-refractivity contribution is -0.117. The summed E-state index contributed by atoms with van der Waals surface area (Å²) in [6.07, 6.45) is 3.86. The lowest BCUT2D eigenvalue weighted by atomic mass is 10.1. The van der Waals surface area contributed by atoms with Crippen molar-refractivity contribution in [2.24, 2.45) is 18.9 Å². The SMILES string of the molecule is COc1c(Nc2cc(NC(=O)C3CC3F)ncc2C(=O)C2CC2)cccc1-c1ncn(C)n1. The Kier molecular flexibility index (Phi) is 5.27. The molecule has 2 atom stereocenters. The number of anilines is 3. The number of hydrogen-bond donors (Lipinski definition) is 2. The molecule has 33 heavy (non-hydrogen) atoms. The maximum atomic E-state index is 13.3. The maximum Gasteiger partial charge on any atom is 0.231 e. The second-order valence-corrected chi connectivity index (χ2v) is 8.35. The Bertz CT molecular complexity index is 1240. The number of hydrogen-bond acceptors (Lipinski definition) is 7. The van der Waals surface area contributed by atoms with E-state index in [1.54, 1.807) is 31.2 Å². The molecule has 2 heterocycles. The number of nitrogens with zero attached hydrogens (tertiary/aromatic N) is 4. The molecule has 0 bridgehead atoms. The summed E-state index contributed by atoms with van der Waals surface area (Å²) in [5.74, 6) is 0.180. The summed E-state index contributed by atoms with van der Waals surface area (Å²) in [6.45, 7) is 0. The predicted molar refractivity (Wildman–Crippen MR) is 119 cm³/mol. The number of carbonyl (C=O) groups excluding carboxylic acids is 2. The number of para-hydroxylation sites is 1. The number of pyridine rings is 1. The minimum Gasteiger partial charge on any atom is -0.494 e. The van der Waals surface area contributed by atoms with E-state index in [2.05, 4.69) is 25.7 Å². The molecule has 0 radical (unpaired) electrons. The van der Waals surface area contributed by atoms with Crippen molar-refractivity contribution in [2.75, 3.05) is 17.7 Å². The average molecular weight is 450 g/mol. The number of benzene rings is 1. The zero-order valence-electron chi connectivity index (χ0n) is 18.2. The van der Waals surface area contributed by atoms with Gasteiger partial charge in [-0.15, -0.1) is 0 Å². The second-order valence-electron chi connectivity index (χ2n) is 8.35. The average Bonchev–Trinajstić information content (AvgIpc) is 3.72. The van der Waals surface area contributed by atoms with E-state index in [1.807, 2.05) is 18.2 Å². The monoisotopic (exact) mass is 450 g/mol. The van der Waals surface area contributed by atoms with E-state index in [4.69, 9.17) is 4.74 Å². The summed E-state index contributed by atoms with van der Waals surface area (Å²) < 4.78 is 20.5. The number of aromatic nitrogens is 4. The molecule has 2 aliphatic carbocycles. The first kappa shape index (κ1) is 21.0. The van der Waals surface area contributed by atoms with Gasteiger partial charge in [-0.1, -0.05) is 6.07 Å². The molecule has 9 nitrogen and oxygen atoms in total. The molecule has 0 saturated heterocycles. The smallest absolute Gasteiger partial charge is 0.231 e. The number of aryl methyl sites for hydroxylation is 1. The molecule has 2 saturated carbocycles. The van der Waals surface area contributed by atoms with Gasteiger partial charge >= 0.3 is 0 Å². The number of carbonyl (C=O) groups is 2. The molecule has 1 amide bonds. The van der Waals surface area contributed by atoms with Gasteiger partial charge in [-0.25, -0.2) is 14.4 Å². The molecule has 5 rings (SSSR count). The number of nitrogens with one attached hydrogen (secondary N) is 2. The number of ketones is 1. The normalized spacial score (nSPS) is 19.1. The van der Waals surface area contributed by atoms with Crippen LogP contribution in [-0.2, 0) is 11.8 Å². The Balaban J connectivity index is 1.50. The summed E-state index contributed by atoms with van der Waals surface area (Å²) >= 11 is 0. The van der Waals surface area contributed by atoms with Crippen molar-refractivity contribution >= 4 is 28.9 Å². The molecule has 0 spiro atoms. The largest absolute Gasteiger partial charge is 0.494 e. The van der Waals surface area contributed by atoms with Crippen molar-refractivity contribution in [3.63, 3.8) is 0 Å². The van der Waals surface area contributed by atoms with Crippen molar-refractivity contribution in [3.8, 4) is 17.1 Å². The van der Waals surface area contributed by atoms with Gasteiger partial charge in [-0.2, -0.15) is 5.10 Å². The fourth-order valence-corrected chi connectivity index (χ4v) is 3.68. The highest BCUT2D eigenvalue weighted by molar-refractivity contribution is 6.05. The van der Waals surface area contributed by atoms with Gasteiger partial charge in [0.15, 0.2) is 17.4 Å². The van der Waals surface area contributed by atoms with Gasteiger partial charge in [0.05, 0.1) is 35.5 Å². The maximum absolute atomic E-state index is 13.3. The summed E-state index contributed by atoms with van der Waals surface area (Å²) in [5.41, 5.74) is 2.19. The van der Waals surface area contributed by atoms with Gasteiger partial charge in [0.2, 0.25) is 5.91 Å². The summed E-state index contributed by atoms with van der Waals surface area (Å²) in [6, 6.07) is 7.08. The summed E-state index contributed by atoms with van der Waals surface area (Å²) in [4.78, 5) is 33.6. The molecule has 0 aliphatic heterocycles. The molecule has 10 heteroatoms. The highest BCUT2D eigenvalue weighted by Gasteiger charge is 2.43. The predicted octanol–water partition coefficient (Wildman–Crippen LogP) is 3.52. The van der Waals surface area contributed by atoms with Crippen molar-refractivity contribution in [1.82, 2.24) is 19.7 Å². The van der Waals surface area contributed by atoms with Crippen LogP contribution in [0.2, 0.25) is 0 Å². The van der Waals surface area contributed by atoms with Crippen molar-refractivity contribution in [1.29, 1.82) is 0 Å². The molecule has 2 fully saturated rings. The molecule has 2 unspecified atom stereocenters. The van der Waals surface area contributed by atoms with Crippen LogP contribution in [0.15, 0.2) is 36.8 Å². The van der Waals surface area contributed by atoms with Crippen molar-refractivity contribution in [2.45, 2.75) is 25.4 Å². The minimum atomic E-state index is -1.11. The molecule has 2 aliphatic rings. The third-order valence-electron chi connectivity index (χ3n) is 5.75. The van der Waals surface area contributed by atoms with E-state index >= 15 is 0 Å². The number of methoxy groups -OCH3 is 1. The van der Waals surface area contributed by atoms with Gasteiger partial charge in [-0.05, 0) is 31.4 Å². The first-order valence-corrected chi connectivity index (χ1v) is 10.7. The van der Waals surface area contributed by atoms with Gasteiger partial charge < -0.3 is 15.4 Å². The van der Waals surface area contributed by atoms with Crippen LogP contribution in [0.25, 0.3) is 11.4 Å². The van der Waals surface area contributed by atoms with Crippen LogP contribution in [0.1, 0.15) is 29.6 Å². The first-order valence-electron chi connectivity index (χ1n) is 10.7. The van der Waals surface area contributed by atoms with Gasteiger partial charge in [0.1, 0.15) is 18.3 Å². The van der Waals surface area contributed by atoms with Crippen LogP contribution in [0.3, 0.4) is 0 Å². The van der Waals surface area contributed by atoms with E-state index in [0.29, 0.717) is 34.1 Å². The highest BCUT2D eigenvalue weighted by Crippen LogP contribution is 2.40. The number of Topliss-reactive ketones (excluding diaryl/α,β-unsaturated/α-hetero) is 1. The standard InChI is InChI=1S/C23H23FN6O3/c1-30-11-26-22(29-30)13-4-3-5-17(21(13)33-2)27-18-9-19(28-23(32)14-8-16(14)24)25-10-15(18)20(31)12-6-7-12/h3-5,9-12,14,16H,6-8H2,1-2H3,(H2,25,27,28,32). The van der Waals surface area contributed by atoms with E-state index in [9.17, 15) is 14.0 Å². The van der Waals surface area contributed by atoms with Crippen LogP contribution in [-0.4, -0.2) is 44.7 Å². The molecule has 2 N–H and O–H groups in total. The first-order chi connectivity index (χ1) is 15.9. The number of amides is 1. The van der Waals surface area contributed by atoms with Crippen molar-refractivity contribution < 1.29 is 18.7 Å². The quantitative estimate of drug-likeness (QED) is 0.505. The number of rotatable bonds is 8. The molecule has 2 aromatic heterocycles. The Morgan fingerprint density at radius 2 is 2.00 bits per heavy atom. The zero-order valence-corrected chi connectivity index (χ0v) is 18.2. The number of alkyl halides is 1. The van der Waals surface area contributed by atoms with E-state index in [0.717, 1.165) is 12.8 Å². The molecule has 3 aromatic rings. The Morgan fingerprint density at radius 1 is 1.21 bits per heavy atom. The van der Waals surface area contributed by atoms with Gasteiger partial charge in [0, 0.05) is 25.2 Å². The van der Waals surface area contributed by atoms with Crippen molar-refractivity contribution in [3.05, 3.63) is 42.4 Å². The number of ether oxygens (including phenoxy) is 1. The second kappa shape index (κ2) is 8.27. The Hall–Kier alpha value is -3.82. The topological polar surface area (TPSA) is 111 Å². The van der Waals surface area contributed by atoms with E-state index < -0.39 is 18.0 Å². The molecular formula is C23H23FN6O3. The zero-order chi connectivity index (χ0) is 23.1. The summed E-state index contributed by atoms with van der Waals surface area (Å²) in [7, 11) is 3.32. The minimum absolute atomic E-state index is 0.00425. The Morgan fingerprint density at radius 3 is 2.64 bits per heavy atom. The fourth-order valence-electron chi connectivity index (χ4n) is 3.68. The van der Waals surface area contributed by atoms with Crippen LogP contribution < -0.4 is 15.4 Å². The Labute approximate surface area is 189 Å². The van der Waals surface area contributed by atoms with Gasteiger partial charge in [-0.3, -0.25) is 14.3 Å². The molecule has 170 valence electrons. The van der Waals surface area contributed by atoms with Crippen LogP contribution in [0, 0.1) is 11.8 Å². The summed E-state index contributed by atoms with van der Waals surface area (Å²) in [5, 5.41) is 10.3. The third-order valence-corrected chi connectivity index (χ3v) is 5.75. The lowest BCUT2D eigenvalue weighted by Gasteiger charge is -2.17. The highest BCUT2D eigenvalue weighted by atomic mass is 19.1. The number of halogens is 1. The van der Waals surface area contributed by atoms with E-state index in [1.165, 1.54) is 6.20 Å². The van der Waals surface area contributed by atoms with E-state index in [-0.39, 0.29) is 23.9 Å². The van der Waals surface area contributed by atoms with Crippen LogP contribution in [0.5, 0.6) is 5.75 Å². The fraction of sp³-hybridized carbons (Fsp3) is 0.348. The third kappa shape index (κ3) is 4.28. The lowest BCUT2D eigenvalue weighted by Crippen LogP contribution is -2.17. The molecule has 1 aromatic carbocycles.